The number of hydrogen-bond donors (Lipinski definition) is 1. The van der Waals surface area contributed by atoms with Gasteiger partial charge in [-0.3, -0.25) is 0 Å². The second-order valence-corrected chi connectivity index (χ2v) is 4.39. The van der Waals surface area contributed by atoms with Crippen LogP contribution in [0.5, 0.6) is 0 Å². The second-order valence-electron chi connectivity index (χ2n) is 3.47. The van der Waals surface area contributed by atoms with Crippen molar-refractivity contribution in [3.8, 4) is 0 Å². The molecule has 0 atom stereocenters. The molecule has 2 rings (SSSR count). The number of aryl methyl sites for hydroxylation is 1. The molecule has 5 nitrogen and oxygen atoms in total. The maximum Gasteiger partial charge on any atom is 0.346 e. The molecule has 1 heterocycles. The highest BCUT2D eigenvalue weighted by Crippen LogP contribution is 2.11. The van der Waals surface area contributed by atoms with Crippen LogP contribution < -0.4 is 11.4 Å². The van der Waals surface area contributed by atoms with Crippen molar-refractivity contribution in [2.45, 2.75) is 6.54 Å². The lowest BCUT2D eigenvalue weighted by Crippen LogP contribution is -2.28. The van der Waals surface area contributed by atoms with Crippen LogP contribution >= 0.6 is 15.9 Å². The Hall–Kier alpha value is -1.56. The van der Waals surface area contributed by atoms with E-state index in [0.29, 0.717) is 0 Å². The predicted molar refractivity (Wildman–Crippen MR) is 63.5 cm³/mol. The first-order chi connectivity index (χ1) is 7.58. The van der Waals surface area contributed by atoms with Gasteiger partial charge >= 0.3 is 11.4 Å². The van der Waals surface area contributed by atoms with E-state index in [1.54, 1.807) is 0 Å². The Bertz CT molecular complexity index is 623. The monoisotopic (exact) mass is 283 g/mol. The smallest absolute Gasteiger partial charge is 0.246 e. The van der Waals surface area contributed by atoms with E-state index in [9.17, 15) is 9.59 Å². The Morgan fingerprint density at radius 2 is 2.12 bits per heavy atom. The zero-order chi connectivity index (χ0) is 11.7. The third-order valence-electron chi connectivity index (χ3n) is 2.26. The largest absolute Gasteiger partial charge is 0.346 e. The molecule has 2 aromatic rings. The van der Waals surface area contributed by atoms with E-state index in [2.05, 4.69) is 21.0 Å². The molecule has 84 valence electrons. The van der Waals surface area contributed by atoms with Crippen molar-refractivity contribution in [2.24, 2.45) is 7.05 Å². The highest BCUT2D eigenvalue weighted by atomic mass is 79.9. The average Bonchev–Trinajstić information content (AvgIpc) is 2.45. The van der Waals surface area contributed by atoms with Gasteiger partial charge in [0.1, 0.15) is 0 Å². The first kappa shape index (κ1) is 10.9. The fourth-order valence-corrected chi connectivity index (χ4v) is 1.92. The van der Waals surface area contributed by atoms with Crippen LogP contribution in [0.25, 0.3) is 0 Å². The van der Waals surface area contributed by atoms with Crippen molar-refractivity contribution < 1.29 is 0 Å². The van der Waals surface area contributed by atoms with Crippen LogP contribution in [0.3, 0.4) is 0 Å². The van der Waals surface area contributed by atoms with Crippen molar-refractivity contribution in [2.75, 3.05) is 0 Å². The number of rotatable bonds is 2. The molecule has 0 spiro atoms. The topological polar surface area (TPSA) is 59.8 Å². The minimum absolute atomic E-state index is 0.272. The van der Waals surface area contributed by atoms with Crippen molar-refractivity contribution >= 4 is 15.9 Å². The third-order valence-corrected chi connectivity index (χ3v) is 2.75. The molecular formula is C10H10BrN3O2. The van der Waals surface area contributed by atoms with Crippen LogP contribution in [-0.4, -0.2) is 14.3 Å². The van der Waals surface area contributed by atoms with Gasteiger partial charge in [-0.2, -0.15) is 0 Å². The zero-order valence-electron chi connectivity index (χ0n) is 8.61. The van der Waals surface area contributed by atoms with E-state index in [-0.39, 0.29) is 12.2 Å². The van der Waals surface area contributed by atoms with E-state index in [1.165, 1.54) is 11.7 Å². The summed E-state index contributed by atoms with van der Waals surface area (Å²) in [5.41, 5.74) is 0.158. The Labute approximate surface area is 99.4 Å². The molecule has 0 aliphatic heterocycles. The van der Waals surface area contributed by atoms with Crippen molar-refractivity contribution in [3.63, 3.8) is 0 Å². The summed E-state index contributed by atoms with van der Waals surface area (Å²) in [6, 6.07) is 7.49. The standard InChI is InChI=1S/C10H10BrN3O2/c1-13-10(16)14(9(15)12-13)6-7-3-2-4-8(11)5-7/h2-5H,6H2,1H3,(H,12,15). The molecule has 16 heavy (non-hydrogen) atoms. The lowest BCUT2D eigenvalue weighted by atomic mass is 10.2. The summed E-state index contributed by atoms with van der Waals surface area (Å²) in [5.74, 6) is 0. The molecule has 0 unspecified atom stereocenters. The Balaban J connectivity index is 2.42. The van der Waals surface area contributed by atoms with Gasteiger partial charge in [-0.05, 0) is 17.7 Å². The molecule has 0 radical (unpaired) electrons. The highest BCUT2D eigenvalue weighted by molar-refractivity contribution is 9.10. The molecular weight excluding hydrogens is 274 g/mol. The van der Waals surface area contributed by atoms with E-state index in [4.69, 9.17) is 0 Å². The fraction of sp³-hybridized carbons (Fsp3) is 0.200. The van der Waals surface area contributed by atoms with Gasteiger partial charge in [0.15, 0.2) is 0 Å². The van der Waals surface area contributed by atoms with Gasteiger partial charge in [-0.1, -0.05) is 28.1 Å². The summed E-state index contributed by atoms with van der Waals surface area (Å²) in [6.07, 6.45) is 0. The fourth-order valence-electron chi connectivity index (χ4n) is 1.48. The van der Waals surface area contributed by atoms with Gasteiger partial charge in [0.05, 0.1) is 6.54 Å². The maximum absolute atomic E-state index is 11.6. The molecule has 0 aliphatic rings. The molecule has 0 aliphatic carbocycles. The van der Waals surface area contributed by atoms with Gasteiger partial charge in [0.25, 0.3) is 0 Å². The molecule has 0 bridgehead atoms. The molecule has 1 aromatic heterocycles. The minimum atomic E-state index is -0.396. The van der Waals surface area contributed by atoms with Crippen LogP contribution in [0, 0.1) is 0 Å². The second kappa shape index (κ2) is 4.13. The molecule has 0 saturated carbocycles. The van der Waals surface area contributed by atoms with Crippen LogP contribution in [0.4, 0.5) is 0 Å². The zero-order valence-corrected chi connectivity index (χ0v) is 10.2. The highest BCUT2D eigenvalue weighted by Gasteiger charge is 2.06. The lowest BCUT2D eigenvalue weighted by Gasteiger charge is -2.00. The van der Waals surface area contributed by atoms with Gasteiger partial charge in [-0.25, -0.2) is 23.9 Å². The number of aromatic amines is 1. The van der Waals surface area contributed by atoms with Crippen molar-refractivity contribution in [1.82, 2.24) is 14.3 Å². The number of halogens is 1. The average molecular weight is 284 g/mol. The molecule has 1 aromatic carbocycles. The molecule has 0 saturated heterocycles. The lowest BCUT2D eigenvalue weighted by molar-refractivity contribution is 0.689. The van der Waals surface area contributed by atoms with Crippen LogP contribution in [-0.2, 0) is 13.6 Å². The summed E-state index contributed by atoms with van der Waals surface area (Å²) < 4.78 is 3.24. The summed E-state index contributed by atoms with van der Waals surface area (Å²) in [6.45, 7) is 0.272. The quantitative estimate of drug-likeness (QED) is 0.882. The summed E-state index contributed by atoms with van der Waals surface area (Å²) in [7, 11) is 1.52. The Morgan fingerprint density at radius 1 is 1.38 bits per heavy atom. The number of aromatic nitrogens is 3. The number of nitrogens with one attached hydrogen (secondary N) is 1. The first-order valence-corrected chi connectivity index (χ1v) is 5.47. The van der Waals surface area contributed by atoms with Crippen LogP contribution in [0.2, 0.25) is 0 Å². The minimum Gasteiger partial charge on any atom is -0.246 e. The van der Waals surface area contributed by atoms with Gasteiger partial charge in [0, 0.05) is 11.5 Å². The van der Waals surface area contributed by atoms with Gasteiger partial charge in [-0.15, -0.1) is 0 Å². The van der Waals surface area contributed by atoms with E-state index >= 15 is 0 Å². The number of nitrogens with zero attached hydrogens (tertiary/aromatic N) is 2. The summed E-state index contributed by atoms with van der Waals surface area (Å²) in [5, 5.41) is 2.41. The van der Waals surface area contributed by atoms with Gasteiger partial charge < -0.3 is 0 Å². The normalized spacial score (nSPS) is 10.6. The van der Waals surface area contributed by atoms with Gasteiger partial charge in [0.2, 0.25) is 0 Å². The first-order valence-electron chi connectivity index (χ1n) is 4.68. The summed E-state index contributed by atoms with van der Waals surface area (Å²) in [4.78, 5) is 23.0. The Kier molecular flexibility index (Phi) is 2.82. The predicted octanol–water partition coefficient (Wildman–Crippen LogP) is 0.686. The van der Waals surface area contributed by atoms with Crippen LogP contribution in [0.1, 0.15) is 5.56 Å². The molecule has 6 heteroatoms. The van der Waals surface area contributed by atoms with E-state index < -0.39 is 5.69 Å². The number of benzene rings is 1. The van der Waals surface area contributed by atoms with Crippen molar-refractivity contribution in [3.05, 3.63) is 55.3 Å². The van der Waals surface area contributed by atoms with E-state index in [1.807, 2.05) is 24.3 Å². The SMILES string of the molecule is Cn1[nH]c(=O)n(Cc2cccc(Br)c2)c1=O. The van der Waals surface area contributed by atoms with Crippen LogP contribution in [0.15, 0.2) is 38.3 Å². The number of hydrogen-bond acceptors (Lipinski definition) is 2. The van der Waals surface area contributed by atoms with Crippen molar-refractivity contribution in [1.29, 1.82) is 0 Å². The third kappa shape index (κ3) is 2.01. The maximum atomic E-state index is 11.6. The van der Waals surface area contributed by atoms with E-state index in [0.717, 1.165) is 14.6 Å². The summed E-state index contributed by atoms with van der Waals surface area (Å²) >= 11 is 3.34. The molecule has 0 amide bonds. The molecule has 0 fully saturated rings. The Morgan fingerprint density at radius 3 is 2.69 bits per heavy atom. The molecule has 1 N–H and O–H groups in total. The number of H-pyrrole nitrogens is 1.